The van der Waals surface area contributed by atoms with Gasteiger partial charge in [0.15, 0.2) is 6.19 Å². The van der Waals surface area contributed by atoms with Crippen LogP contribution in [0.4, 0.5) is 0 Å². The average Bonchev–Trinajstić information content (AvgIpc) is 2.15. The number of benzene rings is 1. The molecule has 1 aromatic rings. The summed E-state index contributed by atoms with van der Waals surface area (Å²) < 4.78 is 4.74. The normalized spacial score (nSPS) is 10.5. The second-order valence-corrected chi connectivity index (χ2v) is 2.60. The zero-order valence-corrected chi connectivity index (χ0v) is 7.00. The van der Waals surface area contributed by atoms with Gasteiger partial charge in [0.25, 0.3) is 0 Å². The summed E-state index contributed by atoms with van der Waals surface area (Å²) in [6, 6.07) is 9.16. The van der Waals surface area contributed by atoms with Crippen molar-refractivity contribution in [3.63, 3.8) is 0 Å². The van der Waals surface area contributed by atoms with Gasteiger partial charge in [-0.2, -0.15) is 0 Å². The SMILES string of the molecule is OB(OCc1ccccc1)C(O)O. The summed E-state index contributed by atoms with van der Waals surface area (Å²) in [5.41, 5.74) is 0.863. The third-order valence-electron chi connectivity index (χ3n) is 1.52. The van der Waals surface area contributed by atoms with Crippen LogP contribution in [0.1, 0.15) is 5.56 Å². The first-order chi connectivity index (χ1) is 6.20. The first-order valence-electron chi connectivity index (χ1n) is 3.90. The highest BCUT2D eigenvalue weighted by Gasteiger charge is 2.21. The Balaban J connectivity index is 2.35. The van der Waals surface area contributed by atoms with Gasteiger partial charge < -0.3 is 19.9 Å². The molecule has 0 aliphatic carbocycles. The van der Waals surface area contributed by atoms with Crippen LogP contribution in [0.3, 0.4) is 0 Å². The molecule has 70 valence electrons. The molecule has 4 nitrogen and oxygen atoms in total. The Kier molecular flexibility index (Phi) is 3.91. The zero-order chi connectivity index (χ0) is 9.68. The second kappa shape index (κ2) is 4.99. The van der Waals surface area contributed by atoms with E-state index in [0.29, 0.717) is 0 Å². The van der Waals surface area contributed by atoms with Crippen molar-refractivity contribution >= 4 is 7.12 Å². The van der Waals surface area contributed by atoms with E-state index in [1.54, 1.807) is 0 Å². The molecule has 0 amide bonds. The third-order valence-corrected chi connectivity index (χ3v) is 1.52. The van der Waals surface area contributed by atoms with E-state index in [9.17, 15) is 0 Å². The first-order valence-corrected chi connectivity index (χ1v) is 3.90. The molecule has 3 N–H and O–H groups in total. The third kappa shape index (κ3) is 3.56. The first kappa shape index (κ1) is 10.2. The summed E-state index contributed by atoms with van der Waals surface area (Å²) in [6.07, 6.45) is -1.86. The number of aliphatic hydroxyl groups is 2. The van der Waals surface area contributed by atoms with E-state index in [1.807, 2.05) is 30.3 Å². The van der Waals surface area contributed by atoms with E-state index < -0.39 is 13.3 Å². The Hall–Kier alpha value is -0.875. The minimum absolute atomic E-state index is 0.152. The van der Waals surface area contributed by atoms with Gasteiger partial charge in [0.05, 0.1) is 6.61 Å². The maximum absolute atomic E-state index is 8.87. The van der Waals surface area contributed by atoms with E-state index in [2.05, 4.69) is 0 Å². The highest BCUT2D eigenvalue weighted by Crippen LogP contribution is 2.01. The van der Waals surface area contributed by atoms with Crippen molar-refractivity contribution < 1.29 is 19.9 Å². The van der Waals surface area contributed by atoms with Gasteiger partial charge in [0, 0.05) is 0 Å². The Morgan fingerprint density at radius 1 is 1.23 bits per heavy atom. The minimum Gasteiger partial charge on any atom is -0.424 e. The molecule has 0 spiro atoms. The van der Waals surface area contributed by atoms with Crippen LogP contribution in [0.15, 0.2) is 30.3 Å². The smallest absolute Gasteiger partial charge is 0.424 e. The van der Waals surface area contributed by atoms with Crippen molar-refractivity contribution in [3.8, 4) is 0 Å². The largest absolute Gasteiger partial charge is 0.514 e. The molecule has 13 heavy (non-hydrogen) atoms. The minimum atomic E-state index is -1.86. The van der Waals surface area contributed by atoms with Crippen molar-refractivity contribution in [2.75, 3.05) is 0 Å². The van der Waals surface area contributed by atoms with Crippen LogP contribution in [-0.4, -0.2) is 28.5 Å². The molecule has 0 fully saturated rings. The molecule has 1 aromatic carbocycles. The molecule has 0 saturated carbocycles. The van der Waals surface area contributed by atoms with Gasteiger partial charge in [-0.15, -0.1) is 0 Å². The Labute approximate surface area is 76.6 Å². The molecule has 1 rings (SSSR count). The summed E-state index contributed by atoms with van der Waals surface area (Å²) in [5, 5.41) is 25.8. The average molecular weight is 182 g/mol. The van der Waals surface area contributed by atoms with Crippen LogP contribution in [-0.2, 0) is 11.3 Å². The zero-order valence-electron chi connectivity index (χ0n) is 7.00. The van der Waals surface area contributed by atoms with Gasteiger partial charge in [0.2, 0.25) is 0 Å². The fourth-order valence-corrected chi connectivity index (χ4v) is 0.842. The highest BCUT2D eigenvalue weighted by molar-refractivity contribution is 6.43. The van der Waals surface area contributed by atoms with E-state index >= 15 is 0 Å². The molecular formula is C8H11BO4. The Morgan fingerprint density at radius 2 is 1.85 bits per heavy atom. The van der Waals surface area contributed by atoms with Crippen LogP contribution in [0.2, 0.25) is 0 Å². The number of hydrogen-bond donors (Lipinski definition) is 3. The van der Waals surface area contributed by atoms with Gasteiger partial charge in [-0.25, -0.2) is 0 Å². The van der Waals surface area contributed by atoms with Crippen LogP contribution >= 0.6 is 0 Å². The maximum Gasteiger partial charge on any atom is 0.514 e. The van der Waals surface area contributed by atoms with Crippen LogP contribution in [0, 0.1) is 0 Å². The standard InChI is InChI=1S/C8H11BO4/c10-8(11)9(12)13-6-7-4-2-1-3-5-7/h1-5,8,10-12H,6H2. The van der Waals surface area contributed by atoms with Gasteiger partial charge in [-0.1, -0.05) is 30.3 Å². The lowest BCUT2D eigenvalue weighted by Crippen LogP contribution is -2.33. The van der Waals surface area contributed by atoms with E-state index in [-0.39, 0.29) is 6.61 Å². The molecule has 0 saturated heterocycles. The molecule has 0 atom stereocenters. The van der Waals surface area contributed by atoms with Crippen molar-refractivity contribution in [3.05, 3.63) is 35.9 Å². The van der Waals surface area contributed by atoms with Crippen molar-refractivity contribution in [1.29, 1.82) is 0 Å². The highest BCUT2D eigenvalue weighted by atomic mass is 16.6. The van der Waals surface area contributed by atoms with E-state index in [0.717, 1.165) is 5.56 Å². The van der Waals surface area contributed by atoms with E-state index in [4.69, 9.17) is 19.9 Å². The summed E-state index contributed by atoms with van der Waals surface area (Å²) in [6.45, 7) is 0.152. The maximum atomic E-state index is 8.87. The molecule has 0 aromatic heterocycles. The molecule has 0 aliphatic heterocycles. The lowest BCUT2D eigenvalue weighted by Gasteiger charge is -2.08. The Morgan fingerprint density at radius 3 is 2.38 bits per heavy atom. The van der Waals surface area contributed by atoms with Crippen molar-refractivity contribution in [1.82, 2.24) is 0 Å². The Bertz CT molecular complexity index is 239. The summed E-state index contributed by atoms with van der Waals surface area (Å²) in [5.74, 6) is 0. The molecule has 0 radical (unpaired) electrons. The molecule has 0 heterocycles. The molecular weight excluding hydrogens is 171 g/mol. The fraction of sp³-hybridized carbons (Fsp3) is 0.250. The predicted molar refractivity (Wildman–Crippen MR) is 47.4 cm³/mol. The topological polar surface area (TPSA) is 69.9 Å². The number of rotatable bonds is 4. The van der Waals surface area contributed by atoms with Crippen LogP contribution in [0.25, 0.3) is 0 Å². The second-order valence-electron chi connectivity index (χ2n) is 2.60. The summed E-state index contributed by atoms with van der Waals surface area (Å²) in [4.78, 5) is 0. The number of hydrogen-bond acceptors (Lipinski definition) is 4. The van der Waals surface area contributed by atoms with Crippen molar-refractivity contribution in [2.24, 2.45) is 0 Å². The molecule has 0 unspecified atom stereocenters. The molecule has 0 aliphatic rings. The predicted octanol–water partition coefficient (Wildman–Crippen LogP) is -0.466. The van der Waals surface area contributed by atoms with Gasteiger partial charge >= 0.3 is 7.12 Å². The monoisotopic (exact) mass is 182 g/mol. The number of aliphatic hydroxyl groups excluding tert-OH is 1. The van der Waals surface area contributed by atoms with Crippen molar-refractivity contribution in [2.45, 2.75) is 12.8 Å². The van der Waals surface area contributed by atoms with Gasteiger partial charge in [0.1, 0.15) is 0 Å². The van der Waals surface area contributed by atoms with Crippen LogP contribution in [0.5, 0.6) is 0 Å². The van der Waals surface area contributed by atoms with Crippen LogP contribution < -0.4 is 0 Å². The summed E-state index contributed by atoms with van der Waals surface area (Å²) in [7, 11) is -1.56. The fourth-order valence-electron chi connectivity index (χ4n) is 0.842. The molecule has 5 heteroatoms. The van der Waals surface area contributed by atoms with Gasteiger partial charge in [-0.3, -0.25) is 0 Å². The lowest BCUT2D eigenvalue weighted by atomic mass is 9.90. The lowest BCUT2D eigenvalue weighted by molar-refractivity contribution is -0.00760. The quantitative estimate of drug-likeness (QED) is 0.435. The summed E-state index contributed by atoms with van der Waals surface area (Å²) >= 11 is 0. The van der Waals surface area contributed by atoms with E-state index in [1.165, 1.54) is 0 Å². The molecule has 0 bridgehead atoms. The van der Waals surface area contributed by atoms with Gasteiger partial charge in [-0.05, 0) is 5.56 Å².